The first-order valence-corrected chi connectivity index (χ1v) is 9.11. The Morgan fingerprint density at radius 1 is 1.38 bits per heavy atom. The molecule has 24 heavy (non-hydrogen) atoms. The van der Waals surface area contributed by atoms with Gasteiger partial charge >= 0.3 is 7.82 Å². The fraction of sp³-hybridized carbons (Fsp3) is 0.615. The SMILES string of the molecule is CC(C)OP1(=O)OCC2OC(n3cnc4c(N)ncnc43)CC2O1. The van der Waals surface area contributed by atoms with Gasteiger partial charge in [0.25, 0.3) is 0 Å². The summed E-state index contributed by atoms with van der Waals surface area (Å²) in [4.78, 5) is 12.4. The quantitative estimate of drug-likeness (QED) is 0.818. The smallest absolute Gasteiger partial charge is 0.382 e. The molecule has 2 aliphatic heterocycles. The molecule has 10 nitrogen and oxygen atoms in total. The van der Waals surface area contributed by atoms with Crippen molar-refractivity contribution < 1.29 is 22.9 Å². The van der Waals surface area contributed by atoms with E-state index in [1.807, 2.05) is 0 Å². The number of hydrogen-bond donors (Lipinski definition) is 1. The van der Waals surface area contributed by atoms with Crippen LogP contribution in [0.1, 0.15) is 26.5 Å². The van der Waals surface area contributed by atoms with Crippen molar-refractivity contribution >= 4 is 24.8 Å². The van der Waals surface area contributed by atoms with Crippen molar-refractivity contribution in [3.63, 3.8) is 0 Å². The summed E-state index contributed by atoms with van der Waals surface area (Å²) >= 11 is 0. The van der Waals surface area contributed by atoms with Gasteiger partial charge in [-0.3, -0.25) is 18.1 Å². The third-order valence-corrected chi connectivity index (χ3v) is 5.55. The molecule has 2 N–H and O–H groups in total. The topological polar surface area (TPSA) is 124 Å². The highest BCUT2D eigenvalue weighted by atomic mass is 31.2. The summed E-state index contributed by atoms with van der Waals surface area (Å²) in [5.41, 5.74) is 6.89. The molecule has 2 aromatic rings. The van der Waals surface area contributed by atoms with E-state index in [4.69, 9.17) is 24.0 Å². The number of phosphoric acid groups is 1. The van der Waals surface area contributed by atoms with Crippen LogP contribution in [0.25, 0.3) is 11.2 Å². The molecule has 130 valence electrons. The predicted molar refractivity (Wildman–Crippen MR) is 82.9 cm³/mol. The Bertz CT molecular complexity index is 811. The Kier molecular flexibility index (Phi) is 3.81. The van der Waals surface area contributed by atoms with E-state index in [1.165, 1.54) is 6.33 Å². The van der Waals surface area contributed by atoms with Crippen LogP contribution in [0.5, 0.6) is 0 Å². The maximum atomic E-state index is 12.5. The number of hydrogen-bond acceptors (Lipinski definition) is 9. The zero-order chi connectivity index (χ0) is 16.9. The molecular formula is C13H18N5O5P. The lowest BCUT2D eigenvalue weighted by molar-refractivity contribution is -0.0733. The normalized spacial score (nSPS) is 33.2. The highest BCUT2D eigenvalue weighted by molar-refractivity contribution is 7.48. The minimum atomic E-state index is -3.55. The van der Waals surface area contributed by atoms with Gasteiger partial charge in [0.05, 0.1) is 19.0 Å². The van der Waals surface area contributed by atoms with Crippen molar-refractivity contribution in [2.45, 2.75) is 44.8 Å². The Hall–Kier alpha value is -1.58. The molecule has 2 saturated heterocycles. The van der Waals surface area contributed by atoms with E-state index < -0.39 is 7.82 Å². The third kappa shape index (κ3) is 2.70. The van der Waals surface area contributed by atoms with E-state index in [1.54, 1.807) is 24.7 Å². The molecule has 2 aliphatic rings. The number of rotatable bonds is 3. The van der Waals surface area contributed by atoms with Gasteiger partial charge in [0.1, 0.15) is 30.3 Å². The van der Waals surface area contributed by atoms with Crippen LogP contribution in [0.2, 0.25) is 0 Å². The number of ether oxygens (including phenoxy) is 1. The van der Waals surface area contributed by atoms with Crippen LogP contribution in [-0.4, -0.2) is 44.4 Å². The van der Waals surface area contributed by atoms with Crippen LogP contribution in [0.15, 0.2) is 12.7 Å². The van der Waals surface area contributed by atoms with E-state index in [9.17, 15) is 4.57 Å². The van der Waals surface area contributed by atoms with Gasteiger partial charge in [-0.15, -0.1) is 0 Å². The Morgan fingerprint density at radius 3 is 3.00 bits per heavy atom. The van der Waals surface area contributed by atoms with Gasteiger partial charge in [-0.1, -0.05) is 0 Å². The second-order valence-electron chi connectivity index (χ2n) is 5.99. The molecule has 4 rings (SSSR count). The van der Waals surface area contributed by atoms with Crippen LogP contribution < -0.4 is 5.73 Å². The number of anilines is 1. The average molecular weight is 355 g/mol. The molecule has 4 atom stereocenters. The maximum Gasteiger partial charge on any atom is 0.475 e. The van der Waals surface area contributed by atoms with Gasteiger partial charge in [-0.2, -0.15) is 0 Å². The molecule has 2 fully saturated rings. The number of aromatic nitrogens is 4. The van der Waals surface area contributed by atoms with Crippen molar-refractivity contribution in [1.82, 2.24) is 19.5 Å². The molecule has 0 spiro atoms. The first-order chi connectivity index (χ1) is 11.5. The van der Waals surface area contributed by atoms with Crippen LogP contribution in [0.3, 0.4) is 0 Å². The highest BCUT2D eigenvalue weighted by Gasteiger charge is 2.48. The largest absolute Gasteiger partial charge is 0.475 e. The molecule has 0 aromatic carbocycles. The lowest BCUT2D eigenvalue weighted by atomic mass is 10.2. The van der Waals surface area contributed by atoms with Gasteiger partial charge in [-0.25, -0.2) is 19.5 Å². The van der Waals surface area contributed by atoms with E-state index in [-0.39, 0.29) is 31.1 Å². The number of fused-ring (bicyclic) bond motifs is 2. The molecule has 0 saturated carbocycles. The lowest BCUT2D eigenvalue weighted by Gasteiger charge is -2.30. The fourth-order valence-electron chi connectivity index (χ4n) is 2.89. The van der Waals surface area contributed by atoms with Gasteiger partial charge in [-0.05, 0) is 13.8 Å². The molecule has 4 unspecified atom stereocenters. The zero-order valence-electron chi connectivity index (χ0n) is 13.2. The number of phosphoric ester groups is 1. The van der Waals surface area contributed by atoms with Crippen molar-refractivity contribution in [2.75, 3.05) is 12.3 Å². The average Bonchev–Trinajstić information content (AvgIpc) is 3.09. The molecule has 0 radical (unpaired) electrons. The molecule has 2 aromatic heterocycles. The number of imidazole rings is 1. The minimum Gasteiger partial charge on any atom is -0.382 e. The second kappa shape index (κ2) is 5.75. The third-order valence-electron chi connectivity index (χ3n) is 3.88. The van der Waals surface area contributed by atoms with Gasteiger partial charge < -0.3 is 10.5 Å². The zero-order valence-corrected chi connectivity index (χ0v) is 14.1. The number of nitrogen functional groups attached to an aromatic ring is 1. The fourth-order valence-corrected chi connectivity index (χ4v) is 4.46. The summed E-state index contributed by atoms with van der Waals surface area (Å²) in [6, 6.07) is 0. The summed E-state index contributed by atoms with van der Waals surface area (Å²) in [6.07, 6.45) is 2.12. The number of nitrogens with two attached hydrogens (primary N) is 1. The molecule has 11 heteroatoms. The monoisotopic (exact) mass is 355 g/mol. The Morgan fingerprint density at radius 2 is 2.21 bits per heavy atom. The van der Waals surface area contributed by atoms with Crippen LogP contribution in [0.4, 0.5) is 5.82 Å². The Labute approximate surface area is 137 Å². The van der Waals surface area contributed by atoms with Crippen molar-refractivity contribution in [2.24, 2.45) is 0 Å². The van der Waals surface area contributed by atoms with E-state index in [2.05, 4.69) is 15.0 Å². The molecule has 0 aliphatic carbocycles. The van der Waals surface area contributed by atoms with E-state index in [0.717, 1.165) is 0 Å². The Balaban J connectivity index is 1.56. The highest BCUT2D eigenvalue weighted by Crippen LogP contribution is 2.57. The summed E-state index contributed by atoms with van der Waals surface area (Å²) in [6.45, 7) is 3.69. The first kappa shape index (κ1) is 15.9. The van der Waals surface area contributed by atoms with Gasteiger partial charge in [0.15, 0.2) is 11.5 Å². The molecule has 0 amide bonds. The van der Waals surface area contributed by atoms with E-state index >= 15 is 0 Å². The minimum absolute atomic E-state index is 0.148. The van der Waals surface area contributed by atoms with Gasteiger partial charge in [0, 0.05) is 6.42 Å². The van der Waals surface area contributed by atoms with Crippen molar-refractivity contribution in [3.05, 3.63) is 12.7 Å². The maximum absolute atomic E-state index is 12.5. The summed E-state index contributed by atoms with van der Waals surface area (Å²) in [7, 11) is -3.55. The molecular weight excluding hydrogens is 337 g/mol. The summed E-state index contributed by atoms with van der Waals surface area (Å²) in [5, 5.41) is 0. The second-order valence-corrected chi connectivity index (χ2v) is 7.56. The lowest BCUT2D eigenvalue weighted by Crippen LogP contribution is -2.33. The standard InChI is InChI=1S/C13H18N5O5P/c1-7(2)22-24(19)20-4-9-8(23-24)3-10(21-9)18-6-17-11-12(14)15-5-16-13(11)18/h5-10H,3-4H2,1-2H3,(H2,14,15,16). The van der Waals surface area contributed by atoms with Crippen molar-refractivity contribution in [1.29, 1.82) is 0 Å². The van der Waals surface area contributed by atoms with Crippen LogP contribution in [-0.2, 0) is 22.9 Å². The number of nitrogens with zero attached hydrogens (tertiary/aromatic N) is 4. The van der Waals surface area contributed by atoms with Crippen LogP contribution in [0, 0.1) is 0 Å². The van der Waals surface area contributed by atoms with E-state index in [0.29, 0.717) is 23.4 Å². The predicted octanol–water partition coefficient (Wildman–Crippen LogP) is 1.64. The van der Waals surface area contributed by atoms with Gasteiger partial charge in [0.2, 0.25) is 0 Å². The molecule has 0 bridgehead atoms. The molecule has 4 heterocycles. The summed E-state index contributed by atoms with van der Waals surface area (Å²) < 4.78 is 36.3. The van der Waals surface area contributed by atoms with Crippen molar-refractivity contribution in [3.8, 4) is 0 Å². The summed E-state index contributed by atoms with van der Waals surface area (Å²) in [5.74, 6) is 0.309. The van der Waals surface area contributed by atoms with Crippen LogP contribution >= 0.6 is 7.82 Å². The first-order valence-electron chi connectivity index (χ1n) is 7.65.